The van der Waals surface area contributed by atoms with Gasteiger partial charge in [0.25, 0.3) is 0 Å². The number of pyridine rings is 3. The van der Waals surface area contributed by atoms with Gasteiger partial charge in [0.15, 0.2) is 5.65 Å². The zero-order valence-electron chi connectivity index (χ0n) is 15.0. The number of fused-ring (bicyclic) bond motifs is 3. The molecular formula is C22H15N3O3. The van der Waals surface area contributed by atoms with Crippen LogP contribution in [0.3, 0.4) is 0 Å². The Morgan fingerprint density at radius 1 is 0.929 bits per heavy atom. The highest BCUT2D eigenvalue weighted by Crippen LogP contribution is 2.24. The summed E-state index contributed by atoms with van der Waals surface area (Å²) in [5.41, 5.74) is 4.11. The number of aromatic nitrogens is 3. The second kappa shape index (κ2) is 7.36. The topological polar surface area (TPSA) is 82.0 Å². The van der Waals surface area contributed by atoms with Crippen LogP contribution in [0.5, 0.6) is 0 Å². The van der Waals surface area contributed by atoms with E-state index in [0.29, 0.717) is 23.2 Å². The lowest BCUT2D eigenvalue weighted by Gasteiger charge is -2.06. The van der Waals surface area contributed by atoms with Crippen molar-refractivity contribution in [3.63, 3.8) is 0 Å². The average molecular weight is 369 g/mol. The first-order chi connectivity index (χ1) is 13.7. The number of carbonyl (C=O) groups is 2. The number of hydrogen-bond donors (Lipinski definition) is 0. The van der Waals surface area contributed by atoms with Gasteiger partial charge in [0, 0.05) is 22.4 Å². The van der Waals surface area contributed by atoms with Crippen molar-refractivity contribution in [3.05, 3.63) is 65.9 Å². The van der Waals surface area contributed by atoms with Gasteiger partial charge in [-0.2, -0.15) is 0 Å². The van der Waals surface area contributed by atoms with Crippen LogP contribution in [0.4, 0.5) is 0 Å². The number of hydrogen-bond acceptors (Lipinski definition) is 6. The first-order valence-electron chi connectivity index (χ1n) is 8.57. The molecule has 4 aromatic rings. The van der Waals surface area contributed by atoms with Crippen LogP contribution in [0.15, 0.2) is 54.6 Å². The van der Waals surface area contributed by atoms with Crippen molar-refractivity contribution in [3.8, 4) is 0 Å². The maximum Gasteiger partial charge on any atom is 0.330 e. The lowest BCUT2D eigenvalue weighted by atomic mass is 10.1. The molecule has 3 heterocycles. The van der Waals surface area contributed by atoms with E-state index >= 15 is 0 Å². The van der Waals surface area contributed by atoms with Gasteiger partial charge in [-0.1, -0.05) is 18.2 Å². The third-order valence-electron chi connectivity index (χ3n) is 4.28. The highest BCUT2D eigenvalue weighted by molar-refractivity contribution is 5.97. The number of methoxy groups -OCH3 is 1. The van der Waals surface area contributed by atoms with E-state index in [9.17, 15) is 9.59 Å². The monoisotopic (exact) mass is 369 g/mol. The van der Waals surface area contributed by atoms with Crippen LogP contribution >= 0.6 is 0 Å². The Hall–Kier alpha value is -3.93. The highest BCUT2D eigenvalue weighted by atomic mass is 16.5. The minimum Gasteiger partial charge on any atom is -0.466 e. The molecule has 0 aliphatic carbocycles. The van der Waals surface area contributed by atoms with Crippen molar-refractivity contribution < 1.29 is 14.3 Å². The number of ether oxygens (including phenoxy) is 1. The predicted molar refractivity (Wildman–Crippen MR) is 108 cm³/mol. The Bertz CT molecular complexity index is 1290. The fourth-order valence-corrected chi connectivity index (χ4v) is 2.95. The van der Waals surface area contributed by atoms with E-state index in [2.05, 4.69) is 19.7 Å². The number of para-hydroxylation sites is 1. The van der Waals surface area contributed by atoms with Gasteiger partial charge >= 0.3 is 5.97 Å². The zero-order chi connectivity index (χ0) is 19.5. The summed E-state index contributed by atoms with van der Waals surface area (Å²) in [6.07, 6.45) is 6.50. The van der Waals surface area contributed by atoms with Crippen LogP contribution < -0.4 is 0 Å². The second-order valence-corrected chi connectivity index (χ2v) is 6.07. The van der Waals surface area contributed by atoms with Crippen molar-refractivity contribution in [2.45, 2.75) is 0 Å². The highest BCUT2D eigenvalue weighted by Gasteiger charge is 2.08. The third-order valence-corrected chi connectivity index (χ3v) is 4.28. The van der Waals surface area contributed by atoms with Crippen molar-refractivity contribution >= 4 is 57.4 Å². The fourth-order valence-electron chi connectivity index (χ4n) is 2.95. The Morgan fingerprint density at radius 3 is 2.54 bits per heavy atom. The molecule has 0 radical (unpaired) electrons. The van der Waals surface area contributed by atoms with E-state index in [-0.39, 0.29) is 0 Å². The van der Waals surface area contributed by atoms with Gasteiger partial charge in [-0.05, 0) is 42.5 Å². The summed E-state index contributed by atoms with van der Waals surface area (Å²) in [5, 5.41) is 1.78. The molecule has 0 unspecified atom stereocenters. The number of esters is 1. The smallest absolute Gasteiger partial charge is 0.330 e. The van der Waals surface area contributed by atoms with Crippen LogP contribution in [0.2, 0.25) is 0 Å². The summed E-state index contributed by atoms with van der Waals surface area (Å²) >= 11 is 0. The van der Waals surface area contributed by atoms with E-state index in [1.54, 1.807) is 12.2 Å². The molecule has 136 valence electrons. The normalized spacial score (nSPS) is 11.8. The largest absolute Gasteiger partial charge is 0.466 e. The lowest BCUT2D eigenvalue weighted by Crippen LogP contribution is -1.96. The number of nitrogens with zero attached hydrogens (tertiary/aromatic N) is 3. The minimum absolute atomic E-state index is 0.477. The molecule has 0 saturated carbocycles. The molecular weight excluding hydrogens is 354 g/mol. The molecule has 1 aromatic carbocycles. The molecule has 0 N–H and O–H groups in total. The predicted octanol–water partition coefficient (Wildman–Crippen LogP) is 3.73. The van der Waals surface area contributed by atoms with Crippen LogP contribution in [0.1, 0.15) is 11.3 Å². The van der Waals surface area contributed by atoms with E-state index in [4.69, 9.17) is 0 Å². The Labute approximate surface area is 160 Å². The average Bonchev–Trinajstić information content (AvgIpc) is 2.72. The van der Waals surface area contributed by atoms with Crippen molar-refractivity contribution in [2.75, 3.05) is 7.11 Å². The Balaban J connectivity index is 1.94. The van der Waals surface area contributed by atoms with Gasteiger partial charge in [-0.25, -0.2) is 19.7 Å². The van der Waals surface area contributed by atoms with Crippen LogP contribution in [0, 0.1) is 0 Å². The van der Waals surface area contributed by atoms with E-state index in [1.807, 2.05) is 42.5 Å². The van der Waals surface area contributed by atoms with E-state index in [0.717, 1.165) is 27.3 Å². The van der Waals surface area contributed by atoms with Gasteiger partial charge in [0.2, 0.25) is 0 Å². The zero-order valence-corrected chi connectivity index (χ0v) is 15.0. The summed E-state index contributed by atoms with van der Waals surface area (Å²) in [6, 6.07) is 13.6. The molecule has 0 spiro atoms. The Morgan fingerprint density at radius 2 is 1.71 bits per heavy atom. The molecule has 28 heavy (non-hydrogen) atoms. The summed E-state index contributed by atoms with van der Waals surface area (Å²) in [5.74, 6) is -0.477. The van der Waals surface area contributed by atoms with Crippen molar-refractivity contribution in [1.29, 1.82) is 0 Å². The molecule has 0 fully saturated rings. The third kappa shape index (κ3) is 3.35. The maximum atomic E-state index is 11.4. The summed E-state index contributed by atoms with van der Waals surface area (Å²) in [6.45, 7) is 0. The number of aldehydes is 1. The molecule has 6 nitrogen and oxygen atoms in total. The molecule has 4 rings (SSSR count). The summed E-state index contributed by atoms with van der Waals surface area (Å²) in [4.78, 5) is 36.1. The van der Waals surface area contributed by atoms with E-state index < -0.39 is 5.97 Å². The maximum absolute atomic E-state index is 11.4. The van der Waals surface area contributed by atoms with Gasteiger partial charge < -0.3 is 4.74 Å². The molecule has 0 saturated heterocycles. The van der Waals surface area contributed by atoms with Gasteiger partial charge in [-0.15, -0.1) is 0 Å². The quantitative estimate of drug-likeness (QED) is 0.236. The standard InChI is InChI=1S/C22H15N3O3/c1-28-21(27)9-8-15-11-16-13-19-20(12-14-5-2-3-6-17(14)23-19)25-22(16)24-18(15)7-4-10-26/h2-13H,1H3. The van der Waals surface area contributed by atoms with Crippen molar-refractivity contribution in [1.82, 2.24) is 15.0 Å². The second-order valence-electron chi connectivity index (χ2n) is 6.07. The number of benzene rings is 1. The van der Waals surface area contributed by atoms with Crippen molar-refractivity contribution in [2.24, 2.45) is 0 Å². The first-order valence-corrected chi connectivity index (χ1v) is 8.57. The van der Waals surface area contributed by atoms with Crippen LogP contribution in [-0.4, -0.2) is 34.3 Å². The number of carbonyl (C=O) groups excluding carboxylic acids is 2. The van der Waals surface area contributed by atoms with Gasteiger partial charge in [0.1, 0.15) is 6.29 Å². The number of allylic oxidation sites excluding steroid dienone is 1. The van der Waals surface area contributed by atoms with Crippen LogP contribution in [0.25, 0.3) is 45.1 Å². The molecule has 3 aromatic heterocycles. The molecule has 0 amide bonds. The van der Waals surface area contributed by atoms with Crippen LogP contribution in [-0.2, 0) is 14.3 Å². The molecule has 6 heteroatoms. The summed E-state index contributed by atoms with van der Waals surface area (Å²) < 4.78 is 4.64. The van der Waals surface area contributed by atoms with Gasteiger partial charge in [0.05, 0.1) is 29.4 Å². The molecule has 0 atom stereocenters. The van der Waals surface area contributed by atoms with E-state index in [1.165, 1.54) is 19.3 Å². The molecule has 0 aliphatic heterocycles. The SMILES string of the molecule is COC(=O)C=Cc1cc2cc3nc4ccccc4cc3nc2nc1C=CC=O. The molecule has 0 aliphatic rings. The molecule has 0 bridgehead atoms. The summed E-state index contributed by atoms with van der Waals surface area (Å²) in [7, 11) is 1.31. The lowest BCUT2D eigenvalue weighted by molar-refractivity contribution is -0.134. The Kier molecular flexibility index (Phi) is 4.60. The fraction of sp³-hybridized carbons (Fsp3) is 0.0455. The number of rotatable bonds is 4. The van der Waals surface area contributed by atoms with Gasteiger partial charge in [-0.3, -0.25) is 4.79 Å². The first kappa shape index (κ1) is 17.5. The minimum atomic E-state index is -0.477.